The lowest BCUT2D eigenvalue weighted by molar-refractivity contribution is 0.448. The van der Waals surface area contributed by atoms with Gasteiger partial charge in [-0.05, 0) is 55.9 Å². The Hall–Kier alpha value is -1.20. The van der Waals surface area contributed by atoms with Crippen molar-refractivity contribution in [2.24, 2.45) is 5.92 Å². The third-order valence-electron chi connectivity index (χ3n) is 4.09. The van der Waals surface area contributed by atoms with Crippen molar-refractivity contribution in [3.05, 3.63) is 29.3 Å². The minimum Gasteiger partial charge on any atom is -0.382 e. The van der Waals surface area contributed by atoms with E-state index in [1.165, 1.54) is 25.7 Å². The van der Waals surface area contributed by atoms with Crippen molar-refractivity contribution in [3.63, 3.8) is 0 Å². The first-order valence-electron chi connectivity index (χ1n) is 7.08. The van der Waals surface area contributed by atoms with E-state index >= 15 is 0 Å². The molecule has 0 heterocycles. The van der Waals surface area contributed by atoms with Crippen molar-refractivity contribution in [1.82, 2.24) is 0 Å². The summed E-state index contributed by atoms with van der Waals surface area (Å²) >= 11 is 5.94. The van der Waals surface area contributed by atoms with E-state index in [-0.39, 0.29) is 0 Å². The number of alkyl halides is 1. The van der Waals surface area contributed by atoms with Crippen LogP contribution in [0.1, 0.15) is 43.2 Å². The largest absolute Gasteiger partial charge is 0.382 e. The lowest BCUT2D eigenvalue weighted by Crippen LogP contribution is -2.28. The first-order chi connectivity index (χ1) is 9.24. The molecule has 0 saturated heterocycles. The van der Waals surface area contributed by atoms with Gasteiger partial charge in [-0.15, -0.1) is 11.6 Å². The van der Waals surface area contributed by atoms with Crippen molar-refractivity contribution < 1.29 is 0 Å². The van der Waals surface area contributed by atoms with Crippen LogP contribution in [-0.4, -0.2) is 11.9 Å². The molecule has 1 N–H and O–H groups in total. The maximum Gasteiger partial charge on any atom is 0.0994 e. The van der Waals surface area contributed by atoms with Crippen LogP contribution in [0.15, 0.2) is 18.2 Å². The Bertz CT molecular complexity index is 458. The molecule has 2 rings (SSSR count). The van der Waals surface area contributed by atoms with Gasteiger partial charge in [0.25, 0.3) is 0 Å². The molecule has 1 saturated carbocycles. The third-order valence-corrected chi connectivity index (χ3v) is 4.31. The highest BCUT2D eigenvalue weighted by molar-refractivity contribution is 6.17. The van der Waals surface area contributed by atoms with Crippen LogP contribution in [0.3, 0.4) is 0 Å². The Morgan fingerprint density at radius 2 is 2.16 bits per heavy atom. The fourth-order valence-corrected chi connectivity index (χ4v) is 3.23. The molecule has 1 aliphatic carbocycles. The van der Waals surface area contributed by atoms with Crippen LogP contribution < -0.4 is 5.32 Å². The lowest BCUT2D eigenvalue weighted by Gasteiger charge is -2.25. The molecule has 1 aromatic carbocycles. The van der Waals surface area contributed by atoms with Gasteiger partial charge in [0.05, 0.1) is 11.6 Å². The summed E-state index contributed by atoms with van der Waals surface area (Å²) in [5.74, 6) is 1.44. The molecule has 0 bridgehead atoms. The molecule has 1 atom stereocenters. The highest BCUT2D eigenvalue weighted by atomic mass is 35.5. The molecular formula is C16H21ClN2. The molecule has 2 nitrogen and oxygen atoms in total. The number of benzene rings is 1. The standard InChI is InChI=1S/C16H21ClN2/c1-12-10-15(7-6-14(12)11-18)19-16(8-9-17)13-4-2-3-5-13/h6-7,10,13,16,19H,2-5,8-9H2,1H3. The normalized spacial score (nSPS) is 17.1. The summed E-state index contributed by atoms with van der Waals surface area (Å²) in [5.41, 5.74) is 2.89. The molecule has 1 fully saturated rings. The van der Waals surface area contributed by atoms with Gasteiger partial charge in [0.15, 0.2) is 0 Å². The molecule has 19 heavy (non-hydrogen) atoms. The molecular weight excluding hydrogens is 256 g/mol. The zero-order valence-corrected chi connectivity index (χ0v) is 12.2. The summed E-state index contributed by atoms with van der Waals surface area (Å²) in [6, 6.07) is 8.63. The molecule has 0 aliphatic heterocycles. The predicted octanol–water partition coefficient (Wildman–Crippen LogP) is 4.47. The molecule has 102 valence electrons. The van der Waals surface area contributed by atoms with Gasteiger partial charge in [0.2, 0.25) is 0 Å². The summed E-state index contributed by atoms with van der Waals surface area (Å²) in [5, 5.41) is 12.6. The van der Waals surface area contributed by atoms with Gasteiger partial charge >= 0.3 is 0 Å². The monoisotopic (exact) mass is 276 g/mol. The number of halogens is 1. The first kappa shape index (κ1) is 14.2. The van der Waals surface area contributed by atoms with Gasteiger partial charge in [-0.2, -0.15) is 5.26 Å². The molecule has 3 heteroatoms. The third kappa shape index (κ3) is 3.64. The Morgan fingerprint density at radius 1 is 1.42 bits per heavy atom. The first-order valence-corrected chi connectivity index (χ1v) is 7.61. The van der Waals surface area contributed by atoms with Crippen LogP contribution in [0.25, 0.3) is 0 Å². The number of nitrogens with one attached hydrogen (secondary N) is 1. The maximum atomic E-state index is 8.96. The van der Waals surface area contributed by atoms with Crippen molar-refractivity contribution in [3.8, 4) is 6.07 Å². The number of anilines is 1. The van der Waals surface area contributed by atoms with E-state index in [1.54, 1.807) is 0 Å². The second-order valence-corrected chi connectivity index (χ2v) is 5.79. The average molecular weight is 277 g/mol. The van der Waals surface area contributed by atoms with Gasteiger partial charge < -0.3 is 5.32 Å². The molecule has 1 aromatic rings. The van der Waals surface area contributed by atoms with Crippen LogP contribution in [0, 0.1) is 24.2 Å². The Labute approximate surface area is 120 Å². The van der Waals surface area contributed by atoms with Gasteiger partial charge in [0.1, 0.15) is 0 Å². The smallest absolute Gasteiger partial charge is 0.0994 e. The summed E-state index contributed by atoms with van der Waals surface area (Å²) in [6.07, 6.45) is 6.31. The number of nitriles is 1. The van der Waals surface area contributed by atoms with Crippen LogP contribution in [0.4, 0.5) is 5.69 Å². The average Bonchev–Trinajstić information content (AvgIpc) is 2.92. The molecule has 1 unspecified atom stereocenters. The minimum absolute atomic E-state index is 0.465. The van der Waals surface area contributed by atoms with Crippen LogP contribution >= 0.6 is 11.6 Å². The minimum atomic E-state index is 0.465. The Morgan fingerprint density at radius 3 is 2.74 bits per heavy atom. The van der Waals surface area contributed by atoms with E-state index in [2.05, 4.69) is 17.5 Å². The van der Waals surface area contributed by atoms with Gasteiger partial charge in [-0.1, -0.05) is 12.8 Å². The van der Waals surface area contributed by atoms with E-state index in [0.717, 1.165) is 29.2 Å². The van der Waals surface area contributed by atoms with E-state index in [9.17, 15) is 0 Å². The van der Waals surface area contributed by atoms with E-state index in [0.29, 0.717) is 11.9 Å². The topological polar surface area (TPSA) is 35.8 Å². The Kier molecular flexibility index (Phi) is 5.10. The summed E-state index contributed by atoms with van der Waals surface area (Å²) in [6.45, 7) is 1.98. The summed E-state index contributed by atoms with van der Waals surface area (Å²) < 4.78 is 0. The van der Waals surface area contributed by atoms with Crippen molar-refractivity contribution in [2.75, 3.05) is 11.2 Å². The number of hydrogen-bond acceptors (Lipinski definition) is 2. The van der Waals surface area contributed by atoms with Crippen molar-refractivity contribution in [1.29, 1.82) is 5.26 Å². The fraction of sp³-hybridized carbons (Fsp3) is 0.562. The molecule has 0 spiro atoms. The second kappa shape index (κ2) is 6.82. The van der Waals surface area contributed by atoms with Gasteiger partial charge in [-0.25, -0.2) is 0 Å². The number of rotatable bonds is 5. The molecule has 1 aliphatic rings. The number of nitrogens with zero attached hydrogens (tertiary/aromatic N) is 1. The van der Waals surface area contributed by atoms with E-state index in [1.807, 2.05) is 19.1 Å². The van der Waals surface area contributed by atoms with Crippen LogP contribution in [-0.2, 0) is 0 Å². The summed E-state index contributed by atoms with van der Waals surface area (Å²) in [7, 11) is 0. The molecule has 0 aromatic heterocycles. The van der Waals surface area contributed by atoms with E-state index < -0.39 is 0 Å². The van der Waals surface area contributed by atoms with Crippen LogP contribution in [0.5, 0.6) is 0 Å². The van der Waals surface area contributed by atoms with Gasteiger partial charge in [0, 0.05) is 17.6 Å². The molecule has 0 amide bonds. The zero-order chi connectivity index (χ0) is 13.7. The fourth-order valence-electron chi connectivity index (χ4n) is 3.00. The second-order valence-electron chi connectivity index (χ2n) is 5.41. The zero-order valence-electron chi connectivity index (χ0n) is 11.5. The van der Waals surface area contributed by atoms with Crippen LogP contribution in [0.2, 0.25) is 0 Å². The Balaban J connectivity index is 2.08. The quantitative estimate of drug-likeness (QED) is 0.806. The lowest BCUT2D eigenvalue weighted by atomic mass is 9.95. The predicted molar refractivity (Wildman–Crippen MR) is 80.6 cm³/mol. The van der Waals surface area contributed by atoms with E-state index in [4.69, 9.17) is 16.9 Å². The number of hydrogen-bond donors (Lipinski definition) is 1. The maximum absolute atomic E-state index is 8.96. The summed E-state index contributed by atoms with van der Waals surface area (Å²) in [4.78, 5) is 0. The van der Waals surface area contributed by atoms with Crippen molar-refractivity contribution in [2.45, 2.75) is 45.1 Å². The van der Waals surface area contributed by atoms with Crippen molar-refractivity contribution >= 4 is 17.3 Å². The van der Waals surface area contributed by atoms with Gasteiger partial charge in [-0.3, -0.25) is 0 Å². The highest BCUT2D eigenvalue weighted by Crippen LogP contribution is 2.31. The molecule has 0 radical (unpaired) electrons. The SMILES string of the molecule is Cc1cc(NC(CCCl)C2CCCC2)ccc1C#N. The number of aryl methyl sites for hydroxylation is 1. The highest BCUT2D eigenvalue weighted by Gasteiger charge is 2.24.